The Bertz CT molecular complexity index is 719. The summed E-state index contributed by atoms with van der Waals surface area (Å²) in [5, 5.41) is 1.31. The Morgan fingerprint density at radius 2 is 1.79 bits per heavy atom. The topological polar surface area (TPSA) is 36.1 Å². The third-order valence-corrected chi connectivity index (χ3v) is 6.00. The number of amides is 1. The Kier molecular flexibility index (Phi) is 4.34. The van der Waals surface area contributed by atoms with Gasteiger partial charge in [0.15, 0.2) is 0 Å². The van der Waals surface area contributed by atoms with Crippen LogP contribution in [-0.2, 0) is 4.79 Å². The van der Waals surface area contributed by atoms with Gasteiger partial charge in [-0.25, -0.2) is 0 Å². The van der Waals surface area contributed by atoms with Crippen LogP contribution in [0.15, 0.2) is 24.3 Å². The second kappa shape index (κ2) is 6.62. The Labute approximate surface area is 144 Å². The van der Waals surface area contributed by atoms with Crippen molar-refractivity contribution >= 4 is 16.8 Å². The predicted octanol–water partition coefficient (Wildman–Crippen LogP) is 4.76. The van der Waals surface area contributed by atoms with Gasteiger partial charge in [0.2, 0.25) is 5.91 Å². The van der Waals surface area contributed by atoms with Gasteiger partial charge in [0.25, 0.3) is 0 Å². The lowest BCUT2D eigenvalue weighted by molar-refractivity contribution is -0.137. The maximum Gasteiger partial charge on any atom is 0.225 e. The molecule has 2 fully saturated rings. The average molecular weight is 324 g/mol. The molecule has 2 aromatic rings. The molecule has 1 saturated heterocycles. The van der Waals surface area contributed by atoms with E-state index in [1.54, 1.807) is 0 Å². The van der Waals surface area contributed by atoms with Crippen LogP contribution in [0.1, 0.15) is 62.1 Å². The molecule has 1 amide bonds. The van der Waals surface area contributed by atoms with Gasteiger partial charge in [-0.1, -0.05) is 30.9 Å². The molecule has 1 aromatic heterocycles. The lowest BCUT2D eigenvalue weighted by Gasteiger charge is -2.35. The van der Waals surface area contributed by atoms with Crippen LogP contribution >= 0.6 is 0 Å². The number of hydrogen-bond acceptors (Lipinski definition) is 1. The molecule has 3 nitrogen and oxygen atoms in total. The number of likely N-dealkylation sites (tertiary alicyclic amines) is 1. The summed E-state index contributed by atoms with van der Waals surface area (Å²) in [6.07, 6.45) is 8.18. The van der Waals surface area contributed by atoms with Crippen LogP contribution < -0.4 is 0 Å². The zero-order chi connectivity index (χ0) is 16.5. The molecule has 2 aliphatic rings. The van der Waals surface area contributed by atoms with E-state index in [2.05, 4.69) is 41.1 Å². The molecule has 1 aromatic carbocycles. The monoisotopic (exact) mass is 324 g/mol. The van der Waals surface area contributed by atoms with E-state index in [9.17, 15) is 4.79 Å². The fraction of sp³-hybridized carbons (Fsp3) is 0.571. The van der Waals surface area contributed by atoms with E-state index < -0.39 is 0 Å². The molecule has 1 N–H and O–H groups in total. The fourth-order valence-electron chi connectivity index (χ4n) is 4.51. The maximum atomic E-state index is 12.7. The quantitative estimate of drug-likeness (QED) is 0.849. The van der Waals surface area contributed by atoms with Crippen LogP contribution in [0.5, 0.6) is 0 Å². The number of H-pyrrole nitrogens is 1. The van der Waals surface area contributed by atoms with Crippen LogP contribution in [0.4, 0.5) is 0 Å². The normalized spacial score (nSPS) is 20.6. The van der Waals surface area contributed by atoms with E-state index in [0.717, 1.165) is 38.8 Å². The molecule has 128 valence electrons. The Balaban J connectivity index is 1.40. The minimum atomic E-state index is 0.311. The smallest absolute Gasteiger partial charge is 0.225 e. The van der Waals surface area contributed by atoms with Crippen molar-refractivity contribution in [2.24, 2.45) is 5.92 Å². The van der Waals surface area contributed by atoms with Crippen molar-refractivity contribution < 1.29 is 4.79 Å². The van der Waals surface area contributed by atoms with Gasteiger partial charge in [-0.05, 0) is 56.2 Å². The van der Waals surface area contributed by atoms with Crippen molar-refractivity contribution in [3.05, 3.63) is 35.5 Å². The summed E-state index contributed by atoms with van der Waals surface area (Å²) in [6, 6.07) is 8.90. The molecule has 3 heteroatoms. The Morgan fingerprint density at radius 3 is 2.54 bits per heavy atom. The largest absolute Gasteiger partial charge is 0.358 e. The summed E-state index contributed by atoms with van der Waals surface area (Å²) < 4.78 is 0. The van der Waals surface area contributed by atoms with E-state index in [4.69, 9.17) is 0 Å². The average Bonchev–Trinajstić information content (AvgIpc) is 3.05. The van der Waals surface area contributed by atoms with E-state index >= 15 is 0 Å². The number of aromatic nitrogens is 1. The zero-order valence-corrected chi connectivity index (χ0v) is 14.7. The Morgan fingerprint density at radius 1 is 1.04 bits per heavy atom. The van der Waals surface area contributed by atoms with Crippen LogP contribution in [0.3, 0.4) is 0 Å². The molecule has 0 unspecified atom stereocenters. The van der Waals surface area contributed by atoms with Gasteiger partial charge in [0.1, 0.15) is 0 Å². The second-order valence-corrected chi connectivity index (χ2v) is 7.75. The van der Waals surface area contributed by atoms with Crippen LogP contribution in [0.25, 0.3) is 10.9 Å². The summed E-state index contributed by atoms with van der Waals surface area (Å²) in [5.41, 5.74) is 3.89. The molecule has 0 bridgehead atoms. The molecule has 1 aliphatic carbocycles. The molecule has 24 heavy (non-hydrogen) atoms. The summed E-state index contributed by atoms with van der Waals surface area (Å²) in [4.78, 5) is 18.4. The summed E-state index contributed by atoms with van der Waals surface area (Å²) in [5.74, 6) is 1.31. The number of nitrogens with one attached hydrogen (secondary N) is 1. The van der Waals surface area contributed by atoms with E-state index in [1.807, 2.05) is 0 Å². The molecular formula is C21H28N2O. The zero-order valence-electron chi connectivity index (χ0n) is 14.7. The number of aromatic amines is 1. The number of aryl methyl sites for hydroxylation is 1. The first-order chi connectivity index (χ1) is 11.7. The Hall–Kier alpha value is -1.77. The minimum absolute atomic E-state index is 0.311. The fourth-order valence-corrected chi connectivity index (χ4v) is 4.51. The first-order valence-electron chi connectivity index (χ1n) is 9.59. The van der Waals surface area contributed by atoms with Crippen molar-refractivity contribution in [1.29, 1.82) is 0 Å². The molecule has 0 spiro atoms. The van der Waals surface area contributed by atoms with E-state index in [0.29, 0.717) is 17.7 Å². The number of carbonyl (C=O) groups excluding carboxylic acids is 1. The predicted molar refractivity (Wildman–Crippen MR) is 98.2 cm³/mol. The molecular weight excluding hydrogens is 296 g/mol. The van der Waals surface area contributed by atoms with Crippen molar-refractivity contribution in [2.45, 2.75) is 57.8 Å². The minimum Gasteiger partial charge on any atom is -0.358 e. The van der Waals surface area contributed by atoms with E-state index in [1.165, 1.54) is 41.4 Å². The lowest BCUT2D eigenvalue weighted by atomic mass is 9.87. The highest BCUT2D eigenvalue weighted by Crippen LogP contribution is 2.32. The number of benzene rings is 1. The SMILES string of the molecule is Cc1ccc2[nH]c(C3CCN(C(=O)C4CCCCC4)CC3)cc2c1. The number of nitrogens with zero attached hydrogens (tertiary/aromatic N) is 1. The number of rotatable bonds is 2. The summed E-state index contributed by atoms with van der Waals surface area (Å²) in [7, 11) is 0. The number of fused-ring (bicyclic) bond motifs is 1. The van der Waals surface area contributed by atoms with Crippen molar-refractivity contribution in [3.63, 3.8) is 0 Å². The lowest BCUT2D eigenvalue weighted by Crippen LogP contribution is -2.41. The highest BCUT2D eigenvalue weighted by atomic mass is 16.2. The van der Waals surface area contributed by atoms with Crippen LogP contribution in [0.2, 0.25) is 0 Å². The highest BCUT2D eigenvalue weighted by molar-refractivity contribution is 5.81. The van der Waals surface area contributed by atoms with Gasteiger partial charge in [0, 0.05) is 36.1 Å². The third-order valence-electron chi connectivity index (χ3n) is 6.00. The second-order valence-electron chi connectivity index (χ2n) is 7.75. The highest BCUT2D eigenvalue weighted by Gasteiger charge is 2.29. The number of hydrogen-bond donors (Lipinski definition) is 1. The van der Waals surface area contributed by atoms with Crippen molar-refractivity contribution in [3.8, 4) is 0 Å². The molecule has 2 heterocycles. The molecule has 1 aliphatic heterocycles. The van der Waals surface area contributed by atoms with Crippen molar-refractivity contribution in [1.82, 2.24) is 9.88 Å². The molecule has 0 radical (unpaired) electrons. The van der Waals surface area contributed by atoms with Gasteiger partial charge in [-0.15, -0.1) is 0 Å². The van der Waals surface area contributed by atoms with E-state index in [-0.39, 0.29) is 0 Å². The standard InChI is InChI=1S/C21H28N2O/c1-15-7-8-19-18(13-15)14-20(22-19)16-9-11-23(12-10-16)21(24)17-5-3-2-4-6-17/h7-8,13-14,16-17,22H,2-6,9-12H2,1H3. The van der Waals surface area contributed by atoms with Gasteiger partial charge < -0.3 is 9.88 Å². The first kappa shape index (κ1) is 15.7. The van der Waals surface area contributed by atoms with Gasteiger partial charge in [-0.3, -0.25) is 4.79 Å². The van der Waals surface area contributed by atoms with Crippen LogP contribution in [-0.4, -0.2) is 28.9 Å². The summed E-state index contributed by atoms with van der Waals surface area (Å²) in [6.45, 7) is 3.99. The number of piperidine rings is 1. The third kappa shape index (κ3) is 3.09. The molecule has 1 saturated carbocycles. The van der Waals surface area contributed by atoms with Gasteiger partial charge in [0.05, 0.1) is 0 Å². The summed E-state index contributed by atoms with van der Waals surface area (Å²) >= 11 is 0. The molecule has 0 atom stereocenters. The number of carbonyl (C=O) groups is 1. The van der Waals surface area contributed by atoms with Crippen LogP contribution in [0, 0.1) is 12.8 Å². The van der Waals surface area contributed by atoms with Gasteiger partial charge in [-0.2, -0.15) is 0 Å². The van der Waals surface area contributed by atoms with Crippen molar-refractivity contribution in [2.75, 3.05) is 13.1 Å². The maximum absolute atomic E-state index is 12.7. The van der Waals surface area contributed by atoms with Gasteiger partial charge >= 0.3 is 0 Å². The first-order valence-corrected chi connectivity index (χ1v) is 9.59. The molecule has 4 rings (SSSR count).